The third kappa shape index (κ3) is 4.76. The van der Waals surface area contributed by atoms with Crippen molar-refractivity contribution in [2.75, 3.05) is 7.11 Å². The lowest BCUT2D eigenvalue weighted by atomic mass is 10.1. The Kier molecular flexibility index (Phi) is 6.65. The van der Waals surface area contributed by atoms with Crippen molar-refractivity contribution < 1.29 is 19.4 Å². The van der Waals surface area contributed by atoms with Crippen molar-refractivity contribution in [3.8, 4) is 5.75 Å². The van der Waals surface area contributed by atoms with Gasteiger partial charge in [-0.1, -0.05) is 47.2 Å². The van der Waals surface area contributed by atoms with Crippen LogP contribution in [0.2, 0.25) is 5.15 Å². The van der Waals surface area contributed by atoms with Gasteiger partial charge in [0.15, 0.2) is 0 Å². The van der Waals surface area contributed by atoms with Crippen LogP contribution in [0.4, 0.5) is 0 Å². The second-order valence-corrected chi connectivity index (χ2v) is 7.37. The van der Waals surface area contributed by atoms with Gasteiger partial charge in [-0.15, -0.1) is 0 Å². The SMILES string of the molecule is COC(=O)c1cccc(Cn2c(Cl)c(/C=N\NC(=O)c3ccccc3O)sc2=O)c1. The van der Waals surface area contributed by atoms with Crippen LogP contribution in [0.1, 0.15) is 31.2 Å². The summed E-state index contributed by atoms with van der Waals surface area (Å²) in [6.45, 7) is 0.150. The summed E-state index contributed by atoms with van der Waals surface area (Å²) in [6.07, 6.45) is 1.26. The quantitative estimate of drug-likeness (QED) is 0.344. The second-order valence-electron chi connectivity index (χ2n) is 6.02. The number of aromatic hydroxyl groups is 1. The van der Waals surface area contributed by atoms with Gasteiger partial charge in [0.25, 0.3) is 5.91 Å². The van der Waals surface area contributed by atoms with Gasteiger partial charge in [-0.2, -0.15) is 5.10 Å². The number of benzene rings is 2. The van der Waals surface area contributed by atoms with Crippen LogP contribution in [-0.4, -0.2) is 34.9 Å². The minimum atomic E-state index is -0.605. The standard InChI is InChI=1S/C20H16ClN3O5S/c1-29-19(27)13-6-4-5-12(9-13)11-24-17(21)16(30-20(24)28)10-22-23-18(26)14-7-2-3-8-15(14)25/h2-10,25H,11H2,1H3,(H,23,26)/b22-10-. The number of aromatic nitrogens is 1. The van der Waals surface area contributed by atoms with E-state index >= 15 is 0 Å². The Labute approximate surface area is 180 Å². The van der Waals surface area contributed by atoms with Crippen molar-refractivity contribution in [3.05, 3.63) is 84.9 Å². The first-order valence-electron chi connectivity index (χ1n) is 8.58. The fourth-order valence-electron chi connectivity index (χ4n) is 2.59. The number of methoxy groups -OCH3 is 1. The maximum absolute atomic E-state index is 12.3. The van der Waals surface area contributed by atoms with E-state index in [9.17, 15) is 19.5 Å². The lowest BCUT2D eigenvalue weighted by Gasteiger charge is -2.06. The van der Waals surface area contributed by atoms with Crippen molar-refractivity contribution in [1.29, 1.82) is 0 Å². The molecule has 1 amide bonds. The highest BCUT2D eigenvalue weighted by molar-refractivity contribution is 7.11. The number of phenolic OH excluding ortho intramolecular Hbond substituents is 1. The average molecular weight is 446 g/mol. The fraction of sp³-hybridized carbons (Fsp3) is 0.100. The van der Waals surface area contributed by atoms with E-state index in [0.29, 0.717) is 16.0 Å². The molecule has 3 aromatic rings. The number of amides is 1. The Morgan fingerprint density at radius 3 is 2.77 bits per heavy atom. The summed E-state index contributed by atoms with van der Waals surface area (Å²) in [4.78, 5) is 36.1. The summed E-state index contributed by atoms with van der Waals surface area (Å²) in [6, 6.07) is 12.7. The number of halogens is 1. The highest BCUT2D eigenvalue weighted by Gasteiger charge is 2.14. The molecule has 0 atom stereocenters. The van der Waals surface area contributed by atoms with Crippen LogP contribution in [0, 0.1) is 0 Å². The van der Waals surface area contributed by atoms with E-state index in [4.69, 9.17) is 16.3 Å². The fourth-order valence-corrected chi connectivity index (χ4v) is 3.70. The predicted molar refractivity (Wildman–Crippen MR) is 114 cm³/mol. The van der Waals surface area contributed by atoms with Crippen molar-refractivity contribution >= 4 is 41.0 Å². The zero-order valence-corrected chi connectivity index (χ0v) is 17.2. The molecule has 0 unspecified atom stereocenters. The maximum atomic E-state index is 12.3. The number of nitrogens with zero attached hydrogens (tertiary/aromatic N) is 2. The first-order valence-corrected chi connectivity index (χ1v) is 9.78. The minimum absolute atomic E-state index is 0.0667. The van der Waals surface area contributed by atoms with Crippen LogP contribution in [0.15, 0.2) is 58.4 Å². The Morgan fingerprint density at radius 2 is 2.03 bits per heavy atom. The number of phenols is 1. The minimum Gasteiger partial charge on any atom is -0.507 e. The Hall–Kier alpha value is -3.43. The molecule has 30 heavy (non-hydrogen) atoms. The first-order chi connectivity index (χ1) is 14.4. The van der Waals surface area contributed by atoms with Crippen molar-refractivity contribution in [2.24, 2.45) is 5.10 Å². The van der Waals surface area contributed by atoms with Crippen molar-refractivity contribution in [1.82, 2.24) is 9.99 Å². The number of hydrogen-bond acceptors (Lipinski definition) is 7. The molecule has 0 aliphatic carbocycles. The lowest BCUT2D eigenvalue weighted by Crippen LogP contribution is -2.17. The molecule has 10 heteroatoms. The summed E-state index contributed by atoms with van der Waals surface area (Å²) in [5.41, 5.74) is 3.40. The number of carbonyl (C=O) groups excluding carboxylic acids is 2. The molecule has 3 rings (SSSR count). The molecule has 0 radical (unpaired) electrons. The topological polar surface area (TPSA) is 110 Å². The summed E-state index contributed by atoms with van der Waals surface area (Å²) in [5.74, 6) is -1.26. The maximum Gasteiger partial charge on any atom is 0.337 e. The van der Waals surface area contributed by atoms with Crippen LogP contribution in [0.25, 0.3) is 0 Å². The van der Waals surface area contributed by atoms with Crippen LogP contribution < -0.4 is 10.3 Å². The predicted octanol–water partition coefficient (Wildman–Crippen LogP) is 2.87. The van der Waals surface area contributed by atoms with Crippen LogP contribution >= 0.6 is 22.9 Å². The van der Waals surface area contributed by atoms with Gasteiger partial charge in [-0.25, -0.2) is 10.2 Å². The summed E-state index contributed by atoms with van der Waals surface area (Å²) < 4.78 is 6.03. The van der Waals surface area contributed by atoms with Gasteiger partial charge in [-0.3, -0.25) is 14.2 Å². The molecule has 0 spiro atoms. The normalized spacial score (nSPS) is 10.9. The van der Waals surface area contributed by atoms with Crippen molar-refractivity contribution in [3.63, 3.8) is 0 Å². The number of rotatable bonds is 6. The molecule has 8 nitrogen and oxygen atoms in total. The van der Waals surface area contributed by atoms with Gasteiger partial charge < -0.3 is 9.84 Å². The smallest absolute Gasteiger partial charge is 0.337 e. The molecule has 154 valence electrons. The van der Waals surface area contributed by atoms with E-state index in [0.717, 1.165) is 11.3 Å². The van der Waals surface area contributed by atoms with Gasteiger partial charge in [0, 0.05) is 0 Å². The Balaban J connectivity index is 1.75. The van der Waals surface area contributed by atoms with Gasteiger partial charge in [-0.05, 0) is 29.8 Å². The number of hydrazone groups is 1. The zero-order valence-electron chi connectivity index (χ0n) is 15.7. The van der Waals surface area contributed by atoms with E-state index in [1.807, 2.05) is 0 Å². The first kappa shape index (κ1) is 21.3. The number of carbonyl (C=O) groups is 2. The van der Waals surface area contributed by atoms with E-state index in [-0.39, 0.29) is 27.9 Å². The largest absolute Gasteiger partial charge is 0.507 e. The molecule has 2 aromatic carbocycles. The van der Waals surface area contributed by atoms with Gasteiger partial charge in [0.1, 0.15) is 10.9 Å². The molecule has 0 aliphatic rings. The Bertz CT molecular complexity index is 1190. The van der Waals surface area contributed by atoms with Crippen LogP contribution in [0.5, 0.6) is 5.75 Å². The van der Waals surface area contributed by atoms with E-state index in [1.165, 1.54) is 30.0 Å². The number of para-hydroxylation sites is 1. The molecule has 0 saturated carbocycles. The molecule has 2 N–H and O–H groups in total. The second kappa shape index (κ2) is 9.38. The molecule has 0 bridgehead atoms. The van der Waals surface area contributed by atoms with E-state index in [2.05, 4.69) is 10.5 Å². The highest BCUT2D eigenvalue weighted by Crippen LogP contribution is 2.19. The van der Waals surface area contributed by atoms with Crippen LogP contribution in [-0.2, 0) is 11.3 Å². The monoisotopic (exact) mass is 445 g/mol. The summed E-state index contributed by atoms with van der Waals surface area (Å²) in [5, 5.41) is 13.6. The molecular formula is C20H16ClN3O5S. The third-order valence-electron chi connectivity index (χ3n) is 4.04. The van der Waals surface area contributed by atoms with Crippen molar-refractivity contribution in [2.45, 2.75) is 6.54 Å². The molecule has 1 heterocycles. The highest BCUT2D eigenvalue weighted by atomic mass is 35.5. The summed E-state index contributed by atoms with van der Waals surface area (Å²) >= 11 is 7.16. The summed E-state index contributed by atoms with van der Waals surface area (Å²) in [7, 11) is 1.29. The number of thiazole rings is 1. The van der Waals surface area contributed by atoms with Gasteiger partial charge in [0.2, 0.25) is 0 Å². The number of esters is 1. The van der Waals surface area contributed by atoms with Gasteiger partial charge >= 0.3 is 10.8 Å². The lowest BCUT2D eigenvalue weighted by molar-refractivity contribution is 0.0600. The third-order valence-corrected chi connectivity index (χ3v) is 5.48. The van der Waals surface area contributed by atoms with Gasteiger partial charge in [0.05, 0.1) is 35.9 Å². The zero-order chi connectivity index (χ0) is 21.7. The van der Waals surface area contributed by atoms with E-state index < -0.39 is 11.9 Å². The number of nitrogens with one attached hydrogen (secondary N) is 1. The molecule has 0 saturated heterocycles. The molecule has 1 aromatic heterocycles. The average Bonchev–Trinajstić information content (AvgIpc) is 3.01. The molecular weight excluding hydrogens is 430 g/mol. The molecule has 0 fully saturated rings. The Morgan fingerprint density at radius 1 is 1.27 bits per heavy atom. The number of ether oxygens (including phenoxy) is 1. The van der Waals surface area contributed by atoms with Crippen LogP contribution in [0.3, 0.4) is 0 Å². The number of hydrogen-bond donors (Lipinski definition) is 2. The molecule has 0 aliphatic heterocycles. The van der Waals surface area contributed by atoms with E-state index in [1.54, 1.807) is 36.4 Å².